The smallest absolute Gasteiger partial charge is 0.337 e. The Morgan fingerprint density at radius 3 is 2.19 bits per heavy atom. The average Bonchev–Trinajstić information content (AvgIpc) is 2.47. The Labute approximate surface area is 120 Å². The highest BCUT2D eigenvalue weighted by molar-refractivity contribution is 5.93. The van der Waals surface area contributed by atoms with Crippen molar-refractivity contribution in [2.75, 3.05) is 7.05 Å². The van der Waals surface area contributed by atoms with Gasteiger partial charge in [0, 0.05) is 19.2 Å². The number of halogens is 3. The lowest BCUT2D eigenvalue weighted by Crippen LogP contribution is -2.27. The summed E-state index contributed by atoms with van der Waals surface area (Å²) in [6.45, 7) is -0.0938. The topological polar surface area (TPSA) is 20.3 Å². The van der Waals surface area contributed by atoms with Crippen molar-refractivity contribution in [3.05, 3.63) is 71.3 Å². The zero-order valence-corrected chi connectivity index (χ0v) is 11.4. The number of carbonyl (C=O) groups is 1. The van der Waals surface area contributed by atoms with Gasteiger partial charge in [-0.15, -0.1) is 0 Å². The van der Waals surface area contributed by atoms with Crippen molar-refractivity contribution in [3.63, 3.8) is 0 Å². The van der Waals surface area contributed by atoms with E-state index in [1.807, 2.05) is 0 Å². The van der Waals surface area contributed by atoms with Crippen LogP contribution in [-0.4, -0.2) is 17.9 Å². The maximum absolute atomic E-state index is 12.9. The maximum atomic E-state index is 12.9. The first kappa shape index (κ1) is 15.1. The molecular formula is C16H14F3NO. The molecule has 0 aliphatic heterocycles. The molecule has 1 amide bonds. The fourth-order valence-corrected chi connectivity index (χ4v) is 2.06. The molecule has 21 heavy (non-hydrogen) atoms. The molecule has 110 valence electrons. The van der Waals surface area contributed by atoms with E-state index in [4.69, 9.17) is 0 Å². The van der Waals surface area contributed by atoms with Crippen LogP contribution in [0.3, 0.4) is 0 Å². The van der Waals surface area contributed by atoms with E-state index in [2.05, 4.69) is 0 Å². The summed E-state index contributed by atoms with van der Waals surface area (Å²) in [5.74, 6) is -0.312. The van der Waals surface area contributed by atoms with Gasteiger partial charge in [-0.2, -0.15) is 13.2 Å². The van der Waals surface area contributed by atoms with Gasteiger partial charge in [-0.25, -0.2) is 0 Å². The van der Waals surface area contributed by atoms with E-state index in [-0.39, 0.29) is 18.0 Å². The van der Waals surface area contributed by atoms with Crippen molar-refractivity contribution < 1.29 is 18.0 Å². The van der Waals surface area contributed by atoms with Crippen molar-refractivity contribution in [1.29, 1.82) is 0 Å². The molecule has 0 aromatic heterocycles. The second-order valence-corrected chi connectivity index (χ2v) is 4.68. The fourth-order valence-electron chi connectivity index (χ4n) is 2.06. The van der Waals surface area contributed by atoms with E-state index in [1.165, 1.54) is 30.1 Å². The molecule has 0 aliphatic rings. The van der Waals surface area contributed by atoms with Gasteiger partial charge in [0.15, 0.2) is 0 Å². The molecule has 2 aromatic carbocycles. The van der Waals surface area contributed by atoms with Crippen LogP contribution in [0.2, 0.25) is 0 Å². The molecule has 5 heteroatoms. The van der Waals surface area contributed by atoms with Gasteiger partial charge >= 0.3 is 6.18 Å². The number of hydrogen-bond acceptors (Lipinski definition) is 1. The van der Waals surface area contributed by atoms with Gasteiger partial charge in [0.1, 0.15) is 0 Å². The van der Waals surface area contributed by atoms with Gasteiger partial charge in [-0.1, -0.05) is 36.4 Å². The molecule has 0 aliphatic carbocycles. The van der Waals surface area contributed by atoms with E-state index >= 15 is 0 Å². The second kappa shape index (κ2) is 5.99. The Morgan fingerprint density at radius 2 is 1.57 bits per heavy atom. The van der Waals surface area contributed by atoms with Crippen LogP contribution in [0.25, 0.3) is 0 Å². The summed E-state index contributed by atoms with van der Waals surface area (Å²) < 4.78 is 38.8. The zero-order chi connectivity index (χ0) is 15.5. The number of alkyl halides is 3. The molecule has 0 bridgehead atoms. The Hall–Kier alpha value is -2.30. The Bertz CT molecular complexity index is 623. The third-order valence-corrected chi connectivity index (χ3v) is 3.10. The molecule has 0 unspecified atom stereocenters. The average molecular weight is 293 g/mol. The summed E-state index contributed by atoms with van der Waals surface area (Å²) >= 11 is 0. The predicted molar refractivity (Wildman–Crippen MR) is 73.7 cm³/mol. The largest absolute Gasteiger partial charge is 0.416 e. The van der Waals surface area contributed by atoms with E-state index in [1.54, 1.807) is 30.3 Å². The molecule has 0 saturated carbocycles. The first-order valence-electron chi connectivity index (χ1n) is 6.35. The van der Waals surface area contributed by atoms with Gasteiger partial charge in [0.05, 0.1) is 5.56 Å². The van der Waals surface area contributed by atoms with Crippen molar-refractivity contribution in [1.82, 2.24) is 4.90 Å². The fraction of sp³-hybridized carbons (Fsp3) is 0.188. The Kier molecular flexibility index (Phi) is 4.31. The number of rotatable bonds is 3. The van der Waals surface area contributed by atoms with E-state index in [9.17, 15) is 18.0 Å². The number of amides is 1. The summed E-state index contributed by atoms with van der Waals surface area (Å²) in [5, 5.41) is 0. The highest BCUT2D eigenvalue weighted by atomic mass is 19.4. The first-order valence-corrected chi connectivity index (χ1v) is 6.35. The number of hydrogen-bond donors (Lipinski definition) is 0. The van der Waals surface area contributed by atoms with Crippen LogP contribution >= 0.6 is 0 Å². The normalized spacial score (nSPS) is 11.2. The van der Waals surface area contributed by atoms with Crippen molar-refractivity contribution in [3.8, 4) is 0 Å². The Morgan fingerprint density at radius 1 is 1.00 bits per heavy atom. The van der Waals surface area contributed by atoms with Crippen LogP contribution in [0, 0.1) is 0 Å². The van der Waals surface area contributed by atoms with Crippen LogP contribution in [0.1, 0.15) is 21.5 Å². The van der Waals surface area contributed by atoms with Gasteiger partial charge in [0.2, 0.25) is 0 Å². The first-order chi connectivity index (χ1) is 9.89. The molecule has 0 fully saturated rings. The van der Waals surface area contributed by atoms with Crippen LogP contribution in [-0.2, 0) is 12.7 Å². The maximum Gasteiger partial charge on any atom is 0.416 e. The van der Waals surface area contributed by atoms with Crippen LogP contribution in [0.5, 0.6) is 0 Å². The molecule has 0 N–H and O–H groups in total. The van der Waals surface area contributed by atoms with Gasteiger partial charge in [-0.3, -0.25) is 4.79 Å². The van der Waals surface area contributed by atoms with Crippen molar-refractivity contribution >= 4 is 5.91 Å². The number of carbonyl (C=O) groups excluding carboxylic acids is 1. The van der Waals surface area contributed by atoms with Crippen LogP contribution < -0.4 is 0 Å². The molecule has 0 saturated heterocycles. The lowest BCUT2D eigenvalue weighted by atomic mass is 10.1. The monoisotopic (exact) mass is 293 g/mol. The summed E-state index contributed by atoms with van der Waals surface area (Å²) in [4.78, 5) is 13.4. The lowest BCUT2D eigenvalue weighted by molar-refractivity contribution is -0.138. The summed E-state index contributed by atoms with van der Waals surface area (Å²) in [7, 11) is 1.49. The summed E-state index contributed by atoms with van der Waals surface area (Å²) in [6.07, 6.45) is -4.42. The minimum atomic E-state index is -4.42. The highest BCUT2D eigenvalue weighted by Crippen LogP contribution is 2.32. The van der Waals surface area contributed by atoms with Crippen molar-refractivity contribution in [2.24, 2.45) is 0 Å². The Balaban J connectivity index is 2.21. The van der Waals surface area contributed by atoms with E-state index in [0.29, 0.717) is 5.56 Å². The molecular weight excluding hydrogens is 279 g/mol. The third kappa shape index (κ3) is 3.62. The second-order valence-electron chi connectivity index (χ2n) is 4.68. The summed E-state index contributed by atoms with van der Waals surface area (Å²) in [5.41, 5.74) is -0.181. The lowest BCUT2D eigenvalue weighted by Gasteiger charge is -2.20. The molecule has 2 rings (SSSR count). The molecule has 0 atom stereocenters. The predicted octanol–water partition coefficient (Wildman–Crippen LogP) is 3.98. The minimum absolute atomic E-state index is 0.0804. The third-order valence-electron chi connectivity index (χ3n) is 3.10. The number of nitrogens with zero attached hydrogens (tertiary/aromatic N) is 1. The van der Waals surface area contributed by atoms with Gasteiger partial charge in [0.25, 0.3) is 5.91 Å². The molecule has 0 radical (unpaired) electrons. The summed E-state index contributed by atoms with van der Waals surface area (Å²) in [6, 6.07) is 13.7. The SMILES string of the molecule is CN(Cc1ccccc1C(F)(F)F)C(=O)c1ccccc1. The molecule has 2 nitrogen and oxygen atoms in total. The van der Waals surface area contributed by atoms with E-state index < -0.39 is 11.7 Å². The molecule has 0 heterocycles. The van der Waals surface area contributed by atoms with Crippen LogP contribution in [0.4, 0.5) is 13.2 Å². The highest BCUT2D eigenvalue weighted by Gasteiger charge is 2.33. The quantitative estimate of drug-likeness (QED) is 0.838. The van der Waals surface area contributed by atoms with E-state index in [0.717, 1.165) is 6.07 Å². The number of benzene rings is 2. The minimum Gasteiger partial charge on any atom is -0.337 e. The van der Waals surface area contributed by atoms with Crippen LogP contribution in [0.15, 0.2) is 54.6 Å². The van der Waals surface area contributed by atoms with Gasteiger partial charge < -0.3 is 4.90 Å². The standard InChI is InChI=1S/C16H14F3NO/c1-20(15(21)12-7-3-2-4-8-12)11-13-9-5-6-10-14(13)16(17,18)19/h2-10H,11H2,1H3. The zero-order valence-electron chi connectivity index (χ0n) is 11.4. The van der Waals surface area contributed by atoms with Gasteiger partial charge in [-0.05, 0) is 23.8 Å². The van der Waals surface area contributed by atoms with Crippen molar-refractivity contribution in [2.45, 2.75) is 12.7 Å². The molecule has 0 spiro atoms. The molecule has 2 aromatic rings.